The van der Waals surface area contributed by atoms with E-state index in [4.69, 9.17) is 0 Å². The zero-order chi connectivity index (χ0) is 13.1. The number of rotatable bonds is 2. The Morgan fingerprint density at radius 1 is 1.50 bits per heavy atom. The van der Waals surface area contributed by atoms with Crippen LogP contribution < -0.4 is 0 Å². The molecule has 3 heteroatoms. The van der Waals surface area contributed by atoms with E-state index in [0.717, 1.165) is 25.1 Å². The van der Waals surface area contributed by atoms with Crippen molar-refractivity contribution in [1.82, 2.24) is 4.90 Å². The molecule has 0 N–H and O–H groups in total. The van der Waals surface area contributed by atoms with Crippen molar-refractivity contribution < 1.29 is 4.39 Å². The van der Waals surface area contributed by atoms with Crippen LogP contribution in [0.15, 0.2) is 18.2 Å². The van der Waals surface area contributed by atoms with Gasteiger partial charge in [0.2, 0.25) is 0 Å². The maximum Gasteiger partial charge on any atom is 0.126 e. The molecule has 1 aromatic rings. The van der Waals surface area contributed by atoms with Gasteiger partial charge in [0.15, 0.2) is 0 Å². The molecule has 2 atom stereocenters. The summed E-state index contributed by atoms with van der Waals surface area (Å²) in [6.45, 7) is 5.87. The molecule has 1 fully saturated rings. The van der Waals surface area contributed by atoms with E-state index in [0.29, 0.717) is 11.5 Å². The first-order valence-electron chi connectivity index (χ1n) is 6.51. The highest BCUT2D eigenvalue weighted by atomic mass is 19.1. The molecule has 18 heavy (non-hydrogen) atoms. The van der Waals surface area contributed by atoms with Crippen molar-refractivity contribution in [2.24, 2.45) is 5.92 Å². The summed E-state index contributed by atoms with van der Waals surface area (Å²) in [7, 11) is 0. The van der Waals surface area contributed by atoms with Crippen LogP contribution in [0.5, 0.6) is 0 Å². The maximum atomic E-state index is 13.3. The Morgan fingerprint density at radius 3 is 2.89 bits per heavy atom. The number of halogens is 1. The summed E-state index contributed by atoms with van der Waals surface area (Å²) in [5.74, 6) is 0.429. The number of nitriles is 1. The Kier molecular flexibility index (Phi) is 3.98. The summed E-state index contributed by atoms with van der Waals surface area (Å²) >= 11 is 0. The molecule has 2 rings (SSSR count). The van der Waals surface area contributed by atoms with E-state index in [1.807, 2.05) is 0 Å². The predicted octanol–water partition coefficient (Wildman–Crippen LogP) is 3.43. The van der Waals surface area contributed by atoms with Crippen LogP contribution in [-0.4, -0.2) is 18.0 Å². The van der Waals surface area contributed by atoms with Gasteiger partial charge in [-0.2, -0.15) is 5.26 Å². The van der Waals surface area contributed by atoms with Gasteiger partial charge in [-0.3, -0.25) is 4.90 Å². The van der Waals surface area contributed by atoms with Gasteiger partial charge in [-0.15, -0.1) is 0 Å². The van der Waals surface area contributed by atoms with Crippen molar-refractivity contribution in [3.8, 4) is 6.07 Å². The number of nitrogens with zero attached hydrogens (tertiary/aromatic N) is 2. The Hall–Kier alpha value is -1.40. The van der Waals surface area contributed by atoms with Gasteiger partial charge in [0.05, 0.1) is 6.07 Å². The lowest BCUT2D eigenvalue weighted by Gasteiger charge is -2.34. The average molecular weight is 246 g/mol. The quantitative estimate of drug-likeness (QED) is 0.799. The molecule has 0 aliphatic carbocycles. The normalized spacial score (nSPS) is 22.4. The summed E-state index contributed by atoms with van der Waals surface area (Å²) in [6, 6.07) is 7.10. The minimum atomic E-state index is -0.243. The van der Waals surface area contributed by atoms with Crippen LogP contribution in [0.1, 0.15) is 36.9 Å². The van der Waals surface area contributed by atoms with Crippen LogP contribution in [0.25, 0.3) is 0 Å². The Morgan fingerprint density at radius 2 is 2.28 bits per heavy atom. The molecular formula is C15H19FN2. The molecule has 1 aliphatic heterocycles. The molecule has 96 valence electrons. The van der Waals surface area contributed by atoms with Crippen LogP contribution in [0.4, 0.5) is 4.39 Å². The third-order valence-electron chi connectivity index (χ3n) is 3.67. The van der Waals surface area contributed by atoms with E-state index in [9.17, 15) is 9.65 Å². The predicted molar refractivity (Wildman–Crippen MR) is 69.5 cm³/mol. The minimum Gasteiger partial charge on any atom is -0.284 e. The van der Waals surface area contributed by atoms with Crippen LogP contribution in [0.2, 0.25) is 0 Å². The Bertz CT molecular complexity index is 464. The highest BCUT2D eigenvalue weighted by Gasteiger charge is 2.25. The molecule has 1 aromatic carbocycles. The van der Waals surface area contributed by atoms with Gasteiger partial charge in [0, 0.05) is 6.54 Å². The third kappa shape index (κ3) is 2.70. The number of hydrogen-bond donors (Lipinski definition) is 0. The van der Waals surface area contributed by atoms with Gasteiger partial charge in [-0.25, -0.2) is 4.39 Å². The maximum absolute atomic E-state index is 13.3. The summed E-state index contributed by atoms with van der Waals surface area (Å²) in [4.78, 5) is 2.21. The summed E-state index contributed by atoms with van der Waals surface area (Å²) in [6.07, 6.45) is 2.37. The van der Waals surface area contributed by atoms with Gasteiger partial charge < -0.3 is 0 Å². The fourth-order valence-corrected chi connectivity index (χ4v) is 2.67. The lowest BCUT2D eigenvalue weighted by molar-refractivity contribution is 0.156. The molecule has 1 saturated heterocycles. The molecule has 1 aliphatic rings. The van der Waals surface area contributed by atoms with Crippen molar-refractivity contribution in [2.45, 2.75) is 32.7 Å². The lowest BCUT2D eigenvalue weighted by Crippen LogP contribution is -2.36. The standard InChI is InChI=1S/C15H19FN2/c1-11-4-3-7-18(10-11)15(9-17)13-5-6-14(16)12(2)8-13/h5-6,8,11,15H,3-4,7,10H2,1-2H3. The van der Waals surface area contributed by atoms with E-state index in [-0.39, 0.29) is 11.9 Å². The smallest absolute Gasteiger partial charge is 0.126 e. The van der Waals surface area contributed by atoms with Gasteiger partial charge in [-0.05, 0) is 49.4 Å². The van der Waals surface area contributed by atoms with E-state index >= 15 is 0 Å². The van der Waals surface area contributed by atoms with Crippen molar-refractivity contribution in [1.29, 1.82) is 5.26 Å². The largest absolute Gasteiger partial charge is 0.284 e. The summed E-state index contributed by atoms with van der Waals surface area (Å²) in [5, 5.41) is 9.39. The van der Waals surface area contributed by atoms with Gasteiger partial charge in [0.1, 0.15) is 11.9 Å². The molecule has 0 bridgehead atoms. The van der Waals surface area contributed by atoms with E-state index in [2.05, 4.69) is 17.9 Å². The molecule has 1 heterocycles. The van der Waals surface area contributed by atoms with Crippen LogP contribution in [-0.2, 0) is 0 Å². The Labute approximate surface area is 108 Å². The van der Waals surface area contributed by atoms with Gasteiger partial charge >= 0.3 is 0 Å². The molecule has 0 aromatic heterocycles. The summed E-state index contributed by atoms with van der Waals surface area (Å²) in [5.41, 5.74) is 1.52. The van der Waals surface area contributed by atoms with E-state index in [1.165, 1.54) is 12.5 Å². The zero-order valence-corrected chi connectivity index (χ0v) is 11.0. The average Bonchev–Trinajstić information content (AvgIpc) is 2.35. The fourth-order valence-electron chi connectivity index (χ4n) is 2.67. The minimum absolute atomic E-state index is 0.206. The first-order chi connectivity index (χ1) is 8.61. The number of piperidine rings is 1. The second-order valence-corrected chi connectivity index (χ2v) is 5.28. The van der Waals surface area contributed by atoms with Crippen molar-refractivity contribution >= 4 is 0 Å². The van der Waals surface area contributed by atoms with Gasteiger partial charge in [-0.1, -0.05) is 19.1 Å². The first kappa shape index (κ1) is 13.0. The van der Waals surface area contributed by atoms with Crippen LogP contribution >= 0.6 is 0 Å². The molecule has 2 unspecified atom stereocenters. The second kappa shape index (κ2) is 5.49. The van der Waals surface area contributed by atoms with Crippen molar-refractivity contribution in [2.75, 3.05) is 13.1 Å². The lowest BCUT2D eigenvalue weighted by atomic mass is 9.96. The van der Waals surface area contributed by atoms with Crippen LogP contribution in [0.3, 0.4) is 0 Å². The number of benzene rings is 1. The molecule has 0 spiro atoms. The highest BCUT2D eigenvalue weighted by molar-refractivity contribution is 5.29. The number of likely N-dealkylation sites (tertiary alicyclic amines) is 1. The number of aryl methyl sites for hydroxylation is 1. The molecule has 0 radical (unpaired) electrons. The topological polar surface area (TPSA) is 27.0 Å². The number of hydrogen-bond acceptors (Lipinski definition) is 2. The van der Waals surface area contributed by atoms with E-state index < -0.39 is 0 Å². The van der Waals surface area contributed by atoms with Crippen molar-refractivity contribution in [3.63, 3.8) is 0 Å². The third-order valence-corrected chi connectivity index (χ3v) is 3.67. The monoisotopic (exact) mass is 246 g/mol. The van der Waals surface area contributed by atoms with E-state index in [1.54, 1.807) is 19.1 Å². The second-order valence-electron chi connectivity index (χ2n) is 5.28. The zero-order valence-electron chi connectivity index (χ0n) is 11.0. The Balaban J connectivity index is 2.22. The van der Waals surface area contributed by atoms with Crippen molar-refractivity contribution in [3.05, 3.63) is 35.1 Å². The van der Waals surface area contributed by atoms with Crippen LogP contribution in [0, 0.1) is 30.0 Å². The highest BCUT2D eigenvalue weighted by Crippen LogP contribution is 2.27. The molecule has 0 saturated carbocycles. The SMILES string of the molecule is Cc1cc(C(C#N)N2CCCC(C)C2)ccc1F. The first-order valence-corrected chi connectivity index (χ1v) is 6.51. The van der Waals surface area contributed by atoms with Gasteiger partial charge in [0.25, 0.3) is 0 Å². The molecule has 2 nitrogen and oxygen atoms in total. The molecular weight excluding hydrogens is 227 g/mol. The fraction of sp³-hybridized carbons (Fsp3) is 0.533. The molecule has 0 amide bonds. The summed E-state index contributed by atoms with van der Waals surface area (Å²) < 4.78 is 13.3.